The molecular formula is C22H23N5O3S. The van der Waals surface area contributed by atoms with Gasteiger partial charge in [-0.1, -0.05) is 29.8 Å². The molecule has 0 unspecified atom stereocenters. The van der Waals surface area contributed by atoms with Crippen LogP contribution in [0.15, 0.2) is 48.5 Å². The Morgan fingerprint density at radius 2 is 1.81 bits per heavy atom. The molecule has 1 saturated heterocycles. The average Bonchev–Trinajstić information content (AvgIpc) is 3.41. The van der Waals surface area contributed by atoms with Crippen LogP contribution in [0.1, 0.15) is 18.4 Å². The molecule has 0 spiro atoms. The van der Waals surface area contributed by atoms with Gasteiger partial charge in [-0.3, -0.25) is 19.3 Å². The van der Waals surface area contributed by atoms with Crippen LogP contribution < -0.4 is 10.6 Å². The number of hydrogen-bond donors (Lipinski definition) is 3. The Kier molecular flexibility index (Phi) is 6.24. The zero-order valence-corrected chi connectivity index (χ0v) is 17.9. The Bertz CT molecular complexity index is 1130. The van der Waals surface area contributed by atoms with Gasteiger partial charge in [-0.05, 0) is 56.2 Å². The van der Waals surface area contributed by atoms with Crippen LogP contribution in [0.3, 0.4) is 0 Å². The van der Waals surface area contributed by atoms with E-state index in [0.29, 0.717) is 28.6 Å². The number of benzene rings is 2. The highest BCUT2D eigenvalue weighted by molar-refractivity contribution is 7.71. The molecule has 0 saturated carbocycles. The smallest absolute Gasteiger partial charge is 0.253 e. The number of nitrogens with one attached hydrogen (secondary N) is 3. The topological polar surface area (TPSA) is 101 Å². The van der Waals surface area contributed by atoms with E-state index in [2.05, 4.69) is 20.8 Å². The van der Waals surface area contributed by atoms with Gasteiger partial charge in [0.1, 0.15) is 12.6 Å². The lowest BCUT2D eigenvalue weighted by atomic mass is 10.1. The van der Waals surface area contributed by atoms with E-state index in [-0.39, 0.29) is 24.5 Å². The number of aryl methyl sites for hydroxylation is 1. The fourth-order valence-corrected chi connectivity index (χ4v) is 3.57. The first kappa shape index (κ1) is 21.0. The third-order valence-corrected chi connectivity index (χ3v) is 5.34. The average molecular weight is 438 g/mol. The molecular weight excluding hydrogens is 414 g/mol. The first-order valence-corrected chi connectivity index (χ1v) is 10.4. The molecule has 1 aliphatic heterocycles. The van der Waals surface area contributed by atoms with E-state index in [1.807, 2.05) is 31.2 Å². The highest BCUT2D eigenvalue weighted by Gasteiger charge is 2.23. The predicted molar refractivity (Wildman–Crippen MR) is 120 cm³/mol. The van der Waals surface area contributed by atoms with Crippen molar-refractivity contribution in [2.24, 2.45) is 0 Å². The molecule has 2 heterocycles. The maximum absolute atomic E-state index is 12.6. The number of carbonyl (C=O) groups is 2. The van der Waals surface area contributed by atoms with Crippen molar-refractivity contribution < 1.29 is 14.3 Å². The lowest BCUT2D eigenvalue weighted by Gasteiger charge is -2.11. The molecule has 1 atom stereocenters. The van der Waals surface area contributed by atoms with Crippen molar-refractivity contribution >= 4 is 35.4 Å². The van der Waals surface area contributed by atoms with E-state index >= 15 is 0 Å². The lowest BCUT2D eigenvalue weighted by Crippen LogP contribution is -2.26. The van der Waals surface area contributed by atoms with Crippen molar-refractivity contribution in [2.45, 2.75) is 32.4 Å². The van der Waals surface area contributed by atoms with Gasteiger partial charge >= 0.3 is 0 Å². The van der Waals surface area contributed by atoms with Crippen LogP contribution in [-0.4, -0.2) is 39.3 Å². The molecule has 4 rings (SSSR count). The molecule has 0 aliphatic carbocycles. The Labute approximate surface area is 184 Å². The maximum Gasteiger partial charge on any atom is 0.253 e. The summed E-state index contributed by atoms with van der Waals surface area (Å²) in [5, 5.41) is 12.7. The monoisotopic (exact) mass is 437 g/mol. The Balaban J connectivity index is 1.39. The number of nitrogens with zero attached hydrogens (tertiary/aromatic N) is 2. The Morgan fingerprint density at radius 1 is 1.13 bits per heavy atom. The van der Waals surface area contributed by atoms with E-state index in [1.165, 1.54) is 0 Å². The quantitative estimate of drug-likeness (QED) is 0.511. The van der Waals surface area contributed by atoms with Crippen LogP contribution in [0.5, 0.6) is 0 Å². The number of aromatic nitrogens is 3. The van der Waals surface area contributed by atoms with Gasteiger partial charge < -0.3 is 15.4 Å². The number of anilines is 2. The largest absolute Gasteiger partial charge is 0.368 e. The number of aromatic amines is 1. The second-order valence-electron chi connectivity index (χ2n) is 7.42. The molecule has 3 aromatic rings. The summed E-state index contributed by atoms with van der Waals surface area (Å²) in [5.74, 6) is 0.224. The van der Waals surface area contributed by atoms with Gasteiger partial charge in [-0.15, -0.1) is 0 Å². The summed E-state index contributed by atoms with van der Waals surface area (Å²) in [4.78, 5) is 24.7. The summed E-state index contributed by atoms with van der Waals surface area (Å²) in [6, 6.07) is 14.8. The molecule has 8 nitrogen and oxygen atoms in total. The van der Waals surface area contributed by atoms with E-state index in [9.17, 15) is 9.59 Å². The maximum atomic E-state index is 12.6. The molecule has 160 valence electrons. The molecule has 9 heteroatoms. The molecule has 0 bridgehead atoms. The summed E-state index contributed by atoms with van der Waals surface area (Å²) in [5.41, 5.74) is 3.28. The third kappa shape index (κ3) is 5.07. The summed E-state index contributed by atoms with van der Waals surface area (Å²) >= 11 is 5.30. The standard InChI is InChI=1S/C22H23N5O3S/c1-14-4-6-15(7-5-14)20-25-26-22(31)27(20)13-19(28)23-16-8-10-17(11-9-16)24-21(29)18-3-2-12-30-18/h4-11,18H,2-3,12-13H2,1H3,(H,23,28)(H,24,29)(H,26,31)/t18-/m0/s1. The zero-order chi connectivity index (χ0) is 21.8. The van der Waals surface area contributed by atoms with Crippen LogP contribution in [0, 0.1) is 11.7 Å². The van der Waals surface area contributed by atoms with Gasteiger partial charge in [0.05, 0.1) is 0 Å². The van der Waals surface area contributed by atoms with Gasteiger partial charge in [0.25, 0.3) is 5.91 Å². The minimum Gasteiger partial charge on any atom is -0.368 e. The zero-order valence-electron chi connectivity index (χ0n) is 17.1. The van der Waals surface area contributed by atoms with Gasteiger partial charge in [0.2, 0.25) is 5.91 Å². The lowest BCUT2D eigenvalue weighted by molar-refractivity contribution is -0.124. The number of amides is 2. The highest BCUT2D eigenvalue weighted by Crippen LogP contribution is 2.19. The first-order valence-electron chi connectivity index (χ1n) is 10.0. The fraction of sp³-hybridized carbons (Fsp3) is 0.273. The van der Waals surface area contributed by atoms with E-state index < -0.39 is 0 Å². The predicted octanol–water partition coefficient (Wildman–Crippen LogP) is 3.67. The second-order valence-corrected chi connectivity index (χ2v) is 7.81. The SMILES string of the molecule is Cc1ccc(-c2n[nH]c(=S)n2CC(=O)Nc2ccc(NC(=O)[C@@H]3CCCO3)cc2)cc1. The first-order chi connectivity index (χ1) is 15.0. The third-order valence-electron chi connectivity index (χ3n) is 5.03. The number of H-pyrrole nitrogens is 1. The van der Waals surface area contributed by atoms with Crippen LogP contribution >= 0.6 is 12.2 Å². The molecule has 0 radical (unpaired) electrons. The summed E-state index contributed by atoms with van der Waals surface area (Å²) in [6.07, 6.45) is 1.25. The molecule has 2 aromatic carbocycles. The van der Waals surface area contributed by atoms with Gasteiger partial charge in [-0.25, -0.2) is 0 Å². The van der Waals surface area contributed by atoms with Crippen molar-refractivity contribution in [3.05, 3.63) is 58.9 Å². The van der Waals surface area contributed by atoms with Gasteiger partial charge in [0, 0.05) is 23.5 Å². The highest BCUT2D eigenvalue weighted by atomic mass is 32.1. The van der Waals surface area contributed by atoms with Crippen molar-refractivity contribution in [1.29, 1.82) is 0 Å². The Hall–Kier alpha value is -3.30. The summed E-state index contributed by atoms with van der Waals surface area (Å²) in [7, 11) is 0. The molecule has 1 aliphatic rings. The molecule has 31 heavy (non-hydrogen) atoms. The van der Waals surface area contributed by atoms with Crippen LogP contribution in [-0.2, 0) is 20.9 Å². The van der Waals surface area contributed by atoms with Crippen LogP contribution in [0.4, 0.5) is 11.4 Å². The minimum atomic E-state index is -0.387. The van der Waals surface area contributed by atoms with E-state index in [0.717, 1.165) is 24.0 Å². The van der Waals surface area contributed by atoms with Crippen LogP contribution in [0.2, 0.25) is 0 Å². The normalized spacial score (nSPS) is 15.6. The molecule has 1 aromatic heterocycles. The minimum absolute atomic E-state index is 0.0239. The van der Waals surface area contributed by atoms with Gasteiger partial charge in [0.15, 0.2) is 10.6 Å². The molecule has 2 amide bonds. The van der Waals surface area contributed by atoms with Crippen molar-refractivity contribution in [1.82, 2.24) is 14.8 Å². The van der Waals surface area contributed by atoms with Crippen molar-refractivity contribution in [2.75, 3.05) is 17.2 Å². The van der Waals surface area contributed by atoms with E-state index in [4.69, 9.17) is 17.0 Å². The van der Waals surface area contributed by atoms with Gasteiger partial charge in [-0.2, -0.15) is 5.10 Å². The summed E-state index contributed by atoms with van der Waals surface area (Å²) in [6.45, 7) is 2.65. The van der Waals surface area contributed by atoms with Crippen molar-refractivity contribution in [3.63, 3.8) is 0 Å². The molecule has 1 fully saturated rings. The van der Waals surface area contributed by atoms with Crippen LogP contribution in [0.25, 0.3) is 11.4 Å². The number of hydrogen-bond acceptors (Lipinski definition) is 5. The second kappa shape index (κ2) is 9.23. The number of carbonyl (C=O) groups excluding carboxylic acids is 2. The van der Waals surface area contributed by atoms with E-state index in [1.54, 1.807) is 28.8 Å². The summed E-state index contributed by atoms with van der Waals surface area (Å²) < 4.78 is 7.41. The number of rotatable bonds is 6. The fourth-order valence-electron chi connectivity index (χ4n) is 3.38. The molecule has 3 N–H and O–H groups in total. The number of ether oxygens (including phenoxy) is 1. The van der Waals surface area contributed by atoms with Crippen molar-refractivity contribution in [3.8, 4) is 11.4 Å². The Morgan fingerprint density at radius 3 is 2.45 bits per heavy atom.